The summed E-state index contributed by atoms with van der Waals surface area (Å²) in [5.41, 5.74) is 3.63. The number of aromatic nitrogens is 3. The van der Waals surface area contributed by atoms with E-state index in [-0.39, 0.29) is 23.6 Å². The molecule has 3 N–H and O–H groups in total. The molecule has 0 radical (unpaired) electrons. The van der Waals surface area contributed by atoms with E-state index >= 15 is 4.39 Å². The largest absolute Gasteiger partial charge is 0.392 e. The zero-order valence-corrected chi connectivity index (χ0v) is 24.8. The number of nitrogens with zero attached hydrogens (tertiary/aromatic N) is 5. The summed E-state index contributed by atoms with van der Waals surface area (Å²) in [6, 6.07) is 14.2. The van der Waals surface area contributed by atoms with Gasteiger partial charge in [-0.1, -0.05) is 18.2 Å². The van der Waals surface area contributed by atoms with Gasteiger partial charge >= 0.3 is 0 Å². The molecule has 0 amide bonds. The quantitative estimate of drug-likeness (QED) is 0.230. The molecule has 0 spiro atoms. The van der Waals surface area contributed by atoms with E-state index in [0.717, 1.165) is 23.5 Å². The fourth-order valence-corrected chi connectivity index (χ4v) is 6.13. The maximum atomic E-state index is 15.4. The minimum absolute atomic E-state index is 0.0429. The Morgan fingerprint density at radius 3 is 2.56 bits per heavy atom. The second-order valence-electron chi connectivity index (χ2n) is 9.95. The molecule has 0 bridgehead atoms. The molecule has 41 heavy (non-hydrogen) atoms. The van der Waals surface area contributed by atoms with E-state index in [2.05, 4.69) is 25.0 Å². The maximum Gasteiger partial charge on any atom is 0.245 e. The lowest BCUT2D eigenvalue weighted by molar-refractivity contribution is 0.122. The third-order valence-corrected chi connectivity index (χ3v) is 9.07. The maximum absolute atomic E-state index is 15.4. The van der Waals surface area contributed by atoms with Crippen molar-refractivity contribution in [1.82, 2.24) is 19.5 Å². The second-order valence-corrected chi connectivity index (χ2v) is 12.8. The van der Waals surface area contributed by atoms with Crippen LogP contribution in [0.3, 0.4) is 0 Å². The smallest absolute Gasteiger partial charge is 0.245 e. The van der Waals surface area contributed by atoms with Crippen LogP contribution < -0.4 is 14.9 Å². The Bertz CT molecular complexity index is 1640. The molecule has 218 valence electrons. The summed E-state index contributed by atoms with van der Waals surface area (Å²) in [5.74, 6) is -0.108. The van der Waals surface area contributed by atoms with Gasteiger partial charge in [-0.05, 0) is 44.4 Å². The average Bonchev–Trinajstić information content (AvgIpc) is 3.37. The van der Waals surface area contributed by atoms with Crippen molar-refractivity contribution in [2.75, 3.05) is 59.7 Å². The number of halogens is 1. The lowest BCUT2D eigenvalue weighted by Crippen LogP contribution is -2.48. The first-order valence-corrected chi connectivity index (χ1v) is 16.3. The van der Waals surface area contributed by atoms with Crippen LogP contribution >= 0.6 is 11.8 Å². The van der Waals surface area contributed by atoms with Crippen molar-refractivity contribution in [3.8, 4) is 11.3 Å². The molecule has 1 aliphatic rings. The standard InChI is InChI=1S/C28H34FN7O3S2/c1-4-41(38,39)33-23-8-6-5-7-21(23)25-10-9-20-17-30-28(32-36(20)25)31-24-15-22(29)26(16-27(24)40-3)35-13-11-34(12-14-35)18-19(2)37/h5-10,15-17,19,33,37H,4,11-14,18H2,1-3H3,(H,31,32). The Balaban J connectivity index is 1.41. The highest BCUT2D eigenvalue weighted by molar-refractivity contribution is 7.98. The monoisotopic (exact) mass is 599 g/mol. The molecule has 13 heteroatoms. The molecule has 5 rings (SSSR count). The minimum atomic E-state index is -3.48. The van der Waals surface area contributed by atoms with Crippen molar-refractivity contribution in [3.05, 3.63) is 60.5 Å². The molecule has 1 aliphatic heterocycles. The summed E-state index contributed by atoms with van der Waals surface area (Å²) in [7, 11) is -3.48. The molecule has 2 aromatic heterocycles. The predicted molar refractivity (Wildman–Crippen MR) is 163 cm³/mol. The summed E-state index contributed by atoms with van der Waals surface area (Å²) in [5, 5.41) is 17.5. The SMILES string of the molecule is CCS(=O)(=O)Nc1ccccc1-c1ccc2cnc(Nc3cc(F)c(N4CCN(CC(C)O)CC4)cc3SC)nn12. The van der Waals surface area contributed by atoms with Crippen LogP contribution in [0.2, 0.25) is 0 Å². The van der Waals surface area contributed by atoms with Gasteiger partial charge in [-0.15, -0.1) is 16.9 Å². The Labute approximate surface area is 243 Å². The zero-order valence-electron chi connectivity index (χ0n) is 23.2. The molecule has 2 aromatic carbocycles. The van der Waals surface area contributed by atoms with Gasteiger partial charge in [0.1, 0.15) is 5.82 Å². The predicted octanol–water partition coefficient (Wildman–Crippen LogP) is 4.27. The number of rotatable bonds is 10. The average molecular weight is 600 g/mol. The van der Waals surface area contributed by atoms with E-state index in [9.17, 15) is 13.5 Å². The first kappa shape index (κ1) is 29.1. The van der Waals surface area contributed by atoms with Crippen LogP contribution in [0.4, 0.5) is 27.4 Å². The number of fused-ring (bicyclic) bond motifs is 1. The highest BCUT2D eigenvalue weighted by Gasteiger charge is 2.22. The van der Waals surface area contributed by atoms with Crippen molar-refractivity contribution >= 4 is 50.3 Å². The highest BCUT2D eigenvalue weighted by atomic mass is 32.2. The van der Waals surface area contributed by atoms with Crippen molar-refractivity contribution < 1.29 is 17.9 Å². The number of hydrogen-bond acceptors (Lipinski definition) is 9. The van der Waals surface area contributed by atoms with Crippen LogP contribution in [0.1, 0.15) is 13.8 Å². The van der Waals surface area contributed by atoms with Gasteiger partial charge in [-0.3, -0.25) is 9.62 Å². The third kappa shape index (κ3) is 6.58. The fraction of sp³-hybridized carbons (Fsp3) is 0.357. The van der Waals surface area contributed by atoms with Gasteiger partial charge in [0, 0.05) is 49.2 Å². The number of hydrogen-bond donors (Lipinski definition) is 3. The van der Waals surface area contributed by atoms with Crippen LogP contribution in [0, 0.1) is 5.82 Å². The molecule has 0 aliphatic carbocycles. The first-order valence-electron chi connectivity index (χ1n) is 13.4. The van der Waals surface area contributed by atoms with Gasteiger partial charge in [-0.25, -0.2) is 22.3 Å². The number of para-hydroxylation sites is 1. The number of benzene rings is 2. The molecule has 1 unspecified atom stereocenters. The molecule has 3 heterocycles. The number of piperazine rings is 1. The molecule has 10 nitrogen and oxygen atoms in total. The van der Waals surface area contributed by atoms with E-state index in [4.69, 9.17) is 0 Å². The van der Waals surface area contributed by atoms with E-state index < -0.39 is 10.0 Å². The van der Waals surface area contributed by atoms with Crippen LogP contribution in [0.25, 0.3) is 16.8 Å². The van der Waals surface area contributed by atoms with Crippen molar-refractivity contribution in [2.45, 2.75) is 24.8 Å². The van der Waals surface area contributed by atoms with Gasteiger partial charge in [0.2, 0.25) is 16.0 Å². The Kier molecular flexibility index (Phi) is 8.68. The third-order valence-electron chi connectivity index (χ3n) is 7.00. The number of aliphatic hydroxyl groups excluding tert-OH is 1. The summed E-state index contributed by atoms with van der Waals surface area (Å²) >= 11 is 1.50. The Morgan fingerprint density at radius 2 is 1.85 bits per heavy atom. The molecule has 4 aromatic rings. The molecule has 1 atom stereocenters. The van der Waals surface area contributed by atoms with Crippen LogP contribution in [0.15, 0.2) is 59.6 Å². The van der Waals surface area contributed by atoms with Crippen molar-refractivity contribution in [2.24, 2.45) is 0 Å². The number of β-amino-alcohol motifs (C(OH)–C–C–N with tert-alkyl or cyclic N) is 1. The zero-order chi connectivity index (χ0) is 29.1. The lowest BCUT2D eigenvalue weighted by atomic mass is 10.1. The summed E-state index contributed by atoms with van der Waals surface area (Å²) < 4.78 is 44.3. The van der Waals surface area contributed by atoms with Crippen LogP contribution in [-0.4, -0.2) is 83.9 Å². The normalized spacial score (nSPS) is 15.3. The van der Waals surface area contributed by atoms with E-state index in [1.165, 1.54) is 17.8 Å². The van der Waals surface area contributed by atoms with E-state index in [1.807, 2.05) is 41.5 Å². The number of nitrogens with one attached hydrogen (secondary N) is 2. The van der Waals surface area contributed by atoms with Crippen LogP contribution in [-0.2, 0) is 10.0 Å². The second kappa shape index (κ2) is 12.2. The summed E-state index contributed by atoms with van der Waals surface area (Å²) in [6.07, 6.45) is 3.21. The summed E-state index contributed by atoms with van der Waals surface area (Å²) in [6.45, 7) is 6.84. The Hall–Kier alpha value is -3.39. The number of anilines is 4. The van der Waals surface area contributed by atoms with Gasteiger partial charge in [-0.2, -0.15) is 0 Å². The van der Waals surface area contributed by atoms with Crippen LogP contribution in [0.5, 0.6) is 0 Å². The van der Waals surface area contributed by atoms with Crippen molar-refractivity contribution in [1.29, 1.82) is 0 Å². The number of sulfonamides is 1. The molecule has 1 fully saturated rings. The molecular weight excluding hydrogens is 565 g/mol. The minimum Gasteiger partial charge on any atom is -0.392 e. The lowest BCUT2D eigenvalue weighted by Gasteiger charge is -2.37. The summed E-state index contributed by atoms with van der Waals surface area (Å²) in [4.78, 5) is 9.50. The van der Waals surface area contributed by atoms with Gasteiger partial charge in [0.05, 0.1) is 46.3 Å². The molecular formula is C28H34FN7O3S2. The Morgan fingerprint density at radius 1 is 1.10 bits per heavy atom. The van der Waals surface area contributed by atoms with E-state index in [0.29, 0.717) is 48.0 Å². The van der Waals surface area contributed by atoms with E-state index in [1.54, 1.807) is 36.7 Å². The van der Waals surface area contributed by atoms with Gasteiger partial charge < -0.3 is 15.3 Å². The van der Waals surface area contributed by atoms with Gasteiger partial charge in [0.25, 0.3) is 0 Å². The van der Waals surface area contributed by atoms with Gasteiger partial charge in [0.15, 0.2) is 0 Å². The molecule has 1 saturated heterocycles. The first-order chi connectivity index (χ1) is 19.7. The molecule has 0 saturated carbocycles. The van der Waals surface area contributed by atoms with Crippen molar-refractivity contribution in [3.63, 3.8) is 0 Å². The number of aliphatic hydroxyl groups is 1. The number of thioether (sulfide) groups is 1. The highest BCUT2D eigenvalue weighted by Crippen LogP contribution is 2.35. The fourth-order valence-electron chi connectivity index (χ4n) is 4.92. The topological polar surface area (TPSA) is 115 Å².